The molecule has 12 heteroatoms. The maximum Gasteiger partial charge on any atom is 0.326 e. The molecule has 0 aliphatic carbocycles. The van der Waals surface area contributed by atoms with Crippen LogP contribution in [-0.2, 0) is 43.0 Å². The van der Waals surface area contributed by atoms with E-state index < -0.39 is 55.2 Å². The van der Waals surface area contributed by atoms with Crippen molar-refractivity contribution >= 4 is 36.1 Å². The Morgan fingerprint density at radius 3 is 1.07 bits per heavy atom. The maximum absolute atomic E-state index is 12.7. The van der Waals surface area contributed by atoms with Crippen LogP contribution in [-0.4, -0.2) is 110 Å². The van der Waals surface area contributed by atoms with Crippen molar-refractivity contribution in [2.24, 2.45) is 0 Å². The Balaban J connectivity index is -0.000000744. The third-order valence-electron chi connectivity index (χ3n) is 5.04. The predicted octanol–water partition coefficient (Wildman–Crippen LogP) is 4.23. The molecule has 0 unspecified atom stereocenters. The molecule has 0 rings (SSSR count). The lowest BCUT2D eigenvalue weighted by atomic mass is 10.2. The lowest BCUT2D eigenvalue weighted by Gasteiger charge is -2.25. The molecule has 0 aliphatic rings. The highest BCUT2D eigenvalue weighted by atomic mass is 16.6. The van der Waals surface area contributed by atoms with Gasteiger partial charge in [-0.05, 0) is 26.2 Å². The van der Waals surface area contributed by atoms with Gasteiger partial charge in [0, 0.05) is 27.7 Å². The van der Waals surface area contributed by atoms with Gasteiger partial charge in [0.1, 0.15) is 13.1 Å². The van der Waals surface area contributed by atoms with Crippen LogP contribution in [0.1, 0.15) is 108 Å². The fourth-order valence-electron chi connectivity index (χ4n) is 2.84. The number of nitrogens with zero attached hydrogens (tertiary/aromatic N) is 3. The largest absolute Gasteiger partial charge is 0.454 e. The minimum absolute atomic E-state index is 0.130. The van der Waals surface area contributed by atoms with Gasteiger partial charge < -0.3 is 28.9 Å². The van der Waals surface area contributed by atoms with Crippen LogP contribution in [0.25, 0.3) is 0 Å². The average Bonchev–Trinajstić information content (AvgIpc) is 2.96. The fraction of sp³-hybridized carbons (Fsp3) is 0.806. The highest BCUT2D eigenvalue weighted by Gasteiger charge is 2.30. The molecule has 12 nitrogen and oxygen atoms in total. The number of hydrogen-bond donors (Lipinski definition) is 0. The van der Waals surface area contributed by atoms with Gasteiger partial charge in [0.2, 0.25) is 0 Å². The first-order chi connectivity index (χ1) is 20.2. The quantitative estimate of drug-likeness (QED) is 0.150. The van der Waals surface area contributed by atoms with E-state index in [2.05, 4.69) is 46.3 Å². The summed E-state index contributed by atoms with van der Waals surface area (Å²) in [5.74, 6) is -3.17. The molecular formula is C31H61N3O9. The van der Waals surface area contributed by atoms with Crippen molar-refractivity contribution in [2.45, 2.75) is 126 Å². The van der Waals surface area contributed by atoms with Crippen LogP contribution < -0.4 is 0 Å². The number of esters is 2. The summed E-state index contributed by atoms with van der Waals surface area (Å²) < 4.78 is 15.1. The van der Waals surface area contributed by atoms with Crippen molar-refractivity contribution in [1.82, 2.24) is 14.7 Å². The molecule has 0 saturated heterocycles. The summed E-state index contributed by atoms with van der Waals surface area (Å²) >= 11 is 0. The topological polar surface area (TPSA) is 140 Å². The van der Waals surface area contributed by atoms with E-state index in [1.54, 1.807) is 34.7 Å². The predicted molar refractivity (Wildman–Crippen MR) is 168 cm³/mol. The Labute approximate surface area is 260 Å². The lowest BCUT2D eigenvalue weighted by Crippen LogP contribution is -2.45. The molecular weight excluding hydrogens is 558 g/mol. The summed E-state index contributed by atoms with van der Waals surface area (Å²) in [6.45, 7) is 19.2. The molecule has 0 saturated carbocycles. The Morgan fingerprint density at radius 1 is 0.535 bits per heavy atom. The van der Waals surface area contributed by atoms with E-state index >= 15 is 0 Å². The second-order valence-corrected chi connectivity index (χ2v) is 9.77. The molecule has 0 spiro atoms. The van der Waals surface area contributed by atoms with Crippen LogP contribution in [0, 0.1) is 0 Å². The molecule has 0 bridgehead atoms. The summed E-state index contributed by atoms with van der Waals surface area (Å²) in [6, 6.07) is 0. The van der Waals surface area contributed by atoms with Crippen LogP contribution in [0.2, 0.25) is 0 Å². The Kier molecular flexibility index (Phi) is 32.9. The third-order valence-corrected chi connectivity index (χ3v) is 5.04. The van der Waals surface area contributed by atoms with Gasteiger partial charge in [-0.3, -0.25) is 28.8 Å². The molecule has 43 heavy (non-hydrogen) atoms. The smallest absolute Gasteiger partial charge is 0.326 e. The molecule has 0 aromatic carbocycles. The van der Waals surface area contributed by atoms with E-state index in [0.717, 1.165) is 9.80 Å². The van der Waals surface area contributed by atoms with Crippen molar-refractivity contribution in [2.75, 3.05) is 40.8 Å². The van der Waals surface area contributed by atoms with Crippen molar-refractivity contribution in [3.63, 3.8) is 0 Å². The normalized spacial score (nSPS) is 11.6. The van der Waals surface area contributed by atoms with Crippen LogP contribution >= 0.6 is 0 Å². The van der Waals surface area contributed by atoms with E-state index in [9.17, 15) is 28.8 Å². The molecule has 0 aromatic rings. The standard InChI is InChI=1S/C22H37N3O9.3C3H8/c1-8-15(32-14-26)20(29)24(6)12-18(27)34-17(10-3)22(31)25(7)13-19(28)33-16(9-2)21(30)23(5)11-4;3*1-3-2/h14-17H,8-13H2,1-7H3;3*3H2,1-2H3/t15-,16-,17-;;;/m1.../s1. The number of carbonyl (C=O) groups is 6. The first-order valence-electron chi connectivity index (χ1n) is 15.4. The zero-order valence-corrected chi connectivity index (χ0v) is 29.2. The Morgan fingerprint density at radius 2 is 0.814 bits per heavy atom. The van der Waals surface area contributed by atoms with E-state index in [4.69, 9.17) is 9.47 Å². The molecule has 0 heterocycles. The van der Waals surface area contributed by atoms with Crippen molar-refractivity contribution in [3.05, 3.63) is 0 Å². The molecule has 0 fully saturated rings. The van der Waals surface area contributed by atoms with E-state index in [0.29, 0.717) is 6.54 Å². The van der Waals surface area contributed by atoms with Gasteiger partial charge in [-0.2, -0.15) is 0 Å². The number of likely N-dealkylation sites (N-methyl/N-ethyl adjacent to an activating group) is 3. The van der Waals surface area contributed by atoms with Crippen molar-refractivity contribution in [1.29, 1.82) is 0 Å². The molecule has 3 amide bonds. The van der Waals surface area contributed by atoms with Crippen molar-refractivity contribution in [3.8, 4) is 0 Å². The molecule has 254 valence electrons. The number of hydrogen-bond acceptors (Lipinski definition) is 9. The maximum atomic E-state index is 12.7. The number of carbonyl (C=O) groups excluding carboxylic acids is 6. The number of rotatable bonds is 15. The molecule has 0 N–H and O–H groups in total. The SMILES string of the molecule is CCC.CCC.CCC.CC[C@@H](OC=O)C(=O)N(C)CC(=O)O[C@H](CC)C(=O)N(C)CC(=O)O[C@H](CC)C(=O)N(C)CC. The highest BCUT2D eigenvalue weighted by Crippen LogP contribution is 2.08. The van der Waals surface area contributed by atoms with Gasteiger partial charge in [-0.1, -0.05) is 81.6 Å². The van der Waals surface area contributed by atoms with E-state index in [1.807, 2.05) is 0 Å². The zero-order valence-electron chi connectivity index (χ0n) is 29.2. The Bertz CT molecular complexity index is 773. The summed E-state index contributed by atoms with van der Waals surface area (Å²) in [5.41, 5.74) is 0. The molecule has 0 radical (unpaired) electrons. The summed E-state index contributed by atoms with van der Waals surface area (Å²) in [7, 11) is 4.28. The first-order valence-corrected chi connectivity index (χ1v) is 15.4. The number of amides is 3. The molecule has 3 atom stereocenters. The zero-order chi connectivity index (χ0) is 34.5. The van der Waals surface area contributed by atoms with E-state index in [1.165, 1.54) is 38.3 Å². The average molecular weight is 620 g/mol. The van der Waals surface area contributed by atoms with Gasteiger partial charge in [0.05, 0.1) is 0 Å². The molecule has 0 aromatic heterocycles. The van der Waals surface area contributed by atoms with Crippen LogP contribution in [0.3, 0.4) is 0 Å². The van der Waals surface area contributed by atoms with Crippen molar-refractivity contribution < 1.29 is 43.0 Å². The fourth-order valence-corrected chi connectivity index (χ4v) is 2.84. The van der Waals surface area contributed by atoms with Gasteiger partial charge in [0.15, 0.2) is 18.3 Å². The summed E-state index contributed by atoms with van der Waals surface area (Å²) in [6.07, 6.45) is 1.23. The minimum Gasteiger partial charge on any atom is -0.454 e. The van der Waals surface area contributed by atoms with Crippen LogP contribution in [0.5, 0.6) is 0 Å². The van der Waals surface area contributed by atoms with Crippen LogP contribution in [0.4, 0.5) is 0 Å². The van der Waals surface area contributed by atoms with Gasteiger partial charge in [-0.15, -0.1) is 0 Å². The van der Waals surface area contributed by atoms with Gasteiger partial charge in [0.25, 0.3) is 24.2 Å². The van der Waals surface area contributed by atoms with Crippen LogP contribution in [0.15, 0.2) is 0 Å². The third kappa shape index (κ3) is 23.0. The summed E-state index contributed by atoms with van der Waals surface area (Å²) in [5, 5.41) is 0. The van der Waals surface area contributed by atoms with Gasteiger partial charge in [-0.25, -0.2) is 0 Å². The minimum atomic E-state index is -1.18. The molecule has 0 aliphatic heterocycles. The lowest BCUT2D eigenvalue weighted by molar-refractivity contribution is -0.166. The highest BCUT2D eigenvalue weighted by molar-refractivity contribution is 5.89. The van der Waals surface area contributed by atoms with Gasteiger partial charge >= 0.3 is 11.9 Å². The van der Waals surface area contributed by atoms with E-state index in [-0.39, 0.29) is 31.6 Å². The number of ether oxygens (including phenoxy) is 3. The monoisotopic (exact) mass is 619 g/mol. The second kappa shape index (κ2) is 30.3. The second-order valence-electron chi connectivity index (χ2n) is 9.77. The first kappa shape index (κ1) is 46.8. The summed E-state index contributed by atoms with van der Waals surface area (Å²) in [4.78, 5) is 75.7. The Hall–Kier alpha value is -3.18.